The number of hydrazine groups is 1. The van der Waals surface area contributed by atoms with E-state index >= 15 is 0 Å². The van der Waals surface area contributed by atoms with Crippen LogP contribution in [-0.4, -0.2) is 29.3 Å². The highest BCUT2D eigenvalue weighted by atomic mass is 19.1. The molecule has 7 nitrogen and oxygen atoms in total. The first-order chi connectivity index (χ1) is 7.92. The fraction of sp³-hybridized carbons (Fsp3) is 0.111. The van der Waals surface area contributed by atoms with Crippen molar-refractivity contribution in [3.05, 3.63) is 24.0 Å². The maximum atomic E-state index is 12.5. The highest BCUT2D eigenvalue weighted by Gasteiger charge is 2.04. The number of aliphatic carboxylic acids is 2. The van der Waals surface area contributed by atoms with Crippen LogP contribution < -0.4 is 16.0 Å². The van der Waals surface area contributed by atoms with Crippen LogP contribution >= 0.6 is 0 Å². The predicted octanol–water partition coefficient (Wildman–Crippen LogP) is 0.276. The molecule has 0 aromatic heterocycles. The minimum Gasteiger partial charge on any atom is -0.494 e. The van der Waals surface area contributed by atoms with Crippen LogP contribution in [0.25, 0.3) is 0 Å². The van der Waals surface area contributed by atoms with Crippen LogP contribution in [0.3, 0.4) is 0 Å². The Kier molecular flexibility index (Phi) is 6.04. The Labute approximate surface area is 95.6 Å². The number of benzene rings is 1. The fourth-order valence-corrected chi connectivity index (χ4v) is 0.784. The van der Waals surface area contributed by atoms with E-state index in [1.807, 2.05) is 0 Å². The molecule has 94 valence electrons. The summed E-state index contributed by atoms with van der Waals surface area (Å²) in [6.07, 6.45) is 0. The van der Waals surface area contributed by atoms with E-state index in [1.54, 1.807) is 0 Å². The maximum Gasteiger partial charge on any atom is 0.414 e. The fourth-order valence-electron chi connectivity index (χ4n) is 0.784. The number of rotatable bonds is 2. The van der Waals surface area contributed by atoms with Crippen LogP contribution in [-0.2, 0) is 9.59 Å². The Balaban J connectivity index is 0.000000366. The molecule has 0 heterocycles. The largest absolute Gasteiger partial charge is 0.494 e. The van der Waals surface area contributed by atoms with Crippen molar-refractivity contribution in [2.24, 2.45) is 5.84 Å². The van der Waals surface area contributed by atoms with Crippen LogP contribution in [0, 0.1) is 5.82 Å². The molecule has 17 heavy (non-hydrogen) atoms. The lowest BCUT2D eigenvalue weighted by Gasteiger charge is -2.06. The molecule has 0 bridgehead atoms. The third-order valence-corrected chi connectivity index (χ3v) is 1.50. The Morgan fingerprint density at radius 1 is 1.35 bits per heavy atom. The zero-order valence-electron chi connectivity index (χ0n) is 8.81. The summed E-state index contributed by atoms with van der Waals surface area (Å²) < 4.78 is 17.4. The lowest BCUT2D eigenvalue weighted by molar-refractivity contribution is -0.159. The molecule has 0 aliphatic rings. The topological polar surface area (TPSA) is 122 Å². The Hall–Kier alpha value is -2.35. The van der Waals surface area contributed by atoms with Crippen molar-refractivity contribution in [2.45, 2.75) is 0 Å². The molecule has 0 saturated carbocycles. The SMILES string of the molecule is COc1cc(F)ccc1NN.O=C(O)C(=O)O. The molecule has 0 saturated heterocycles. The number of nitrogens with two attached hydrogens (primary N) is 1. The van der Waals surface area contributed by atoms with E-state index in [1.165, 1.54) is 25.3 Å². The van der Waals surface area contributed by atoms with E-state index in [-0.39, 0.29) is 5.82 Å². The van der Waals surface area contributed by atoms with Gasteiger partial charge in [0.15, 0.2) is 0 Å². The number of hydrogen-bond acceptors (Lipinski definition) is 5. The number of nitrogens with one attached hydrogen (secondary N) is 1. The highest BCUT2D eigenvalue weighted by Crippen LogP contribution is 2.23. The zero-order chi connectivity index (χ0) is 13.4. The first kappa shape index (κ1) is 14.7. The molecular weight excluding hydrogens is 235 g/mol. The van der Waals surface area contributed by atoms with Gasteiger partial charge >= 0.3 is 11.9 Å². The quantitative estimate of drug-likeness (QED) is 0.335. The van der Waals surface area contributed by atoms with Gasteiger partial charge in [-0.05, 0) is 12.1 Å². The normalized spacial score (nSPS) is 8.65. The minimum atomic E-state index is -1.82. The third kappa shape index (κ3) is 5.33. The standard InChI is InChI=1S/C7H9FN2O.C2H2O4/c1-11-7-4-5(8)2-3-6(7)10-9;3-1(4)2(5)6/h2-4,10H,9H2,1H3;(H,3,4)(H,5,6). The van der Waals surface area contributed by atoms with Gasteiger partial charge in [-0.3, -0.25) is 5.84 Å². The Morgan fingerprint density at radius 2 is 1.88 bits per heavy atom. The summed E-state index contributed by atoms with van der Waals surface area (Å²) in [6.45, 7) is 0. The van der Waals surface area contributed by atoms with Crippen molar-refractivity contribution in [1.29, 1.82) is 0 Å². The molecule has 1 aromatic rings. The van der Waals surface area contributed by atoms with Gasteiger partial charge in [-0.2, -0.15) is 0 Å². The van der Waals surface area contributed by atoms with Crippen LogP contribution in [0.2, 0.25) is 0 Å². The molecule has 5 N–H and O–H groups in total. The van der Waals surface area contributed by atoms with Crippen molar-refractivity contribution in [3.63, 3.8) is 0 Å². The second-order valence-electron chi connectivity index (χ2n) is 2.60. The smallest absolute Gasteiger partial charge is 0.414 e. The van der Waals surface area contributed by atoms with Gasteiger partial charge in [-0.25, -0.2) is 14.0 Å². The average Bonchev–Trinajstić information content (AvgIpc) is 2.29. The monoisotopic (exact) mass is 246 g/mol. The van der Waals surface area contributed by atoms with Crippen molar-refractivity contribution in [1.82, 2.24) is 0 Å². The van der Waals surface area contributed by atoms with Crippen molar-refractivity contribution >= 4 is 17.6 Å². The van der Waals surface area contributed by atoms with Gasteiger partial charge in [-0.15, -0.1) is 0 Å². The van der Waals surface area contributed by atoms with Crippen LogP contribution in [0.15, 0.2) is 18.2 Å². The van der Waals surface area contributed by atoms with E-state index in [0.717, 1.165) is 0 Å². The molecule has 0 aliphatic heterocycles. The predicted molar refractivity (Wildman–Crippen MR) is 56.0 cm³/mol. The summed E-state index contributed by atoms with van der Waals surface area (Å²) in [7, 11) is 1.45. The first-order valence-electron chi connectivity index (χ1n) is 4.18. The van der Waals surface area contributed by atoms with Crippen molar-refractivity contribution in [2.75, 3.05) is 12.5 Å². The summed E-state index contributed by atoms with van der Waals surface area (Å²) >= 11 is 0. The van der Waals surface area contributed by atoms with Crippen LogP contribution in [0.5, 0.6) is 5.75 Å². The van der Waals surface area contributed by atoms with Crippen LogP contribution in [0.4, 0.5) is 10.1 Å². The molecule has 8 heteroatoms. The van der Waals surface area contributed by atoms with Gasteiger partial charge in [0.25, 0.3) is 0 Å². The first-order valence-corrected chi connectivity index (χ1v) is 4.18. The third-order valence-electron chi connectivity index (χ3n) is 1.50. The minimum absolute atomic E-state index is 0.346. The Morgan fingerprint density at radius 3 is 2.24 bits per heavy atom. The maximum absolute atomic E-state index is 12.5. The summed E-state index contributed by atoms with van der Waals surface area (Å²) in [5, 5.41) is 14.8. The molecule has 0 spiro atoms. The number of halogens is 1. The van der Waals surface area contributed by atoms with Gasteiger partial charge in [-0.1, -0.05) is 0 Å². The number of methoxy groups -OCH3 is 1. The molecule has 0 fully saturated rings. The van der Waals surface area contributed by atoms with Gasteiger partial charge in [0, 0.05) is 6.07 Å². The number of carbonyl (C=O) groups is 2. The summed E-state index contributed by atoms with van der Waals surface area (Å²) in [5.74, 6) is 1.53. The molecule has 1 rings (SSSR count). The molecule has 0 radical (unpaired) electrons. The van der Waals surface area contributed by atoms with Gasteiger partial charge in [0.2, 0.25) is 0 Å². The van der Waals surface area contributed by atoms with E-state index in [2.05, 4.69) is 5.43 Å². The summed E-state index contributed by atoms with van der Waals surface area (Å²) in [4.78, 5) is 18.2. The van der Waals surface area contributed by atoms with E-state index in [4.69, 9.17) is 30.4 Å². The van der Waals surface area contributed by atoms with E-state index in [0.29, 0.717) is 11.4 Å². The molecular formula is C9H11FN2O5. The number of ether oxygens (including phenoxy) is 1. The summed E-state index contributed by atoms with van der Waals surface area (Å²) in [6, 6.07) is 4.07. The molecule has 0 aliphatic carbocycles. The van der Waals surface area contributed by atoms with Crippen molar-refractivity contribution in [3.8, 4) is 5.75 Å². The lowest BCUT2D eigenvalue weighted by Crippen LogP contribution is -2.09. The van der Waals surface area contributed by atoms with E-state index in [9.17, 15) is 4.39 Å². The average molecular weight is 246 g/mol. The molecule has 0 unspecified atom stereocenters. The van der Waals surface area contributed by atoms with Gasteiger partial charge in [0.1, 0.15) is 11.6 Å². The lowest BCUT2D eigenvalue weighted by atomic mass is 10.3. The number of carboxylic acid groups (broad SMARTS) is 2. The van der Waals surface area contributed by atoms with Crippen LogP contribution in [0.1, 0.15) is 0 Å². The molecule has 0 atom stereocenters. The number of hydrogen-bond donors (Lipinski definition) is 4. The second-order valence-corrected chi connectivity index (χ2v) is 2.60. The number of anilines is 1. The number of nitrogen functional groups attached to an aromatic ring is 1. The Bertz CT molecular complexity index is 398. The van der Waals surface area contributed by atoms with Gasteiger partial charge in [0.05, 0.1) is 12.8 Å². The van der Waals surface area contributed by atoms with Gasteiger partial charge < -0.3 is 20.4 Å². The zero-order valence-corrected chi connectivity index (χ0v) is 8.81. The van der Waals surface area contributed by atoms with Crippen molar-refractivity contribution < 1.29 is 28.9 Å². The molecule has 0 amide bonds. The number of carboxylic acids is 2. The summed E-state index contributed by atoms with van der Waals surface area (Å²) in [5.41, 5.74) is 2.95. The molecule has 1 aromatic carbocycles. The second kappa shape index (κ2) is 7.01. The highest BCUT2D eigenvalue weighted by molar-refractivity contribution is 6.27. The van der Waals surface area contributed by atoms with E-state index < -0.39 is 11.9 Å².